The lowest BCUT2D eigenvalue weighted by molar-refractivity contribution is 0.0999. The zero-order chi connectivity index (χ0) is 13.0. The smallest absolute Gasteiger partial charge is 0.249 e. The molecule has 0 radical (unpaired) electrons. The zero-order valence-corrected chi connectivity index (χ0v) is 10.3. The molecule has 1 amide bonds. The van der Waals surface area contributed by atoms with Crippen LogP contribution >= 0.6 is 0 Å². The van der Waals surface area contributed by atoms with Crippen molar-refractivity contribution in [1.82, 2.24) is 0 Å². The molecule has 0 heterocycles. The van der Waals surface area contributed by atoms with Gasteiger partial charge in [0.05, 0.1) is 0 Å². The van der Waals surface area contributed by atoms with Gasteiger partial charge in [0.15, 0.2) is 0 Å². The van der Waals surface area contributed by atoms with Gasteiger partial charge in [-0.25, -0.2) is 0 Å². The highest BCUT2D eigenvalue weighted by Crippen LogP contribution is 2.13. The first-order valence-electron chi connectivity index (χ1n) is 5.85. The molecule has 0 spiro atoms. The second-order valence-electron chi connectivity index (χ2n) is 4.24. The lowest BCUT2D eigenvalue weighted by atomic mass is 10.1. The molecule has 0 unspecified atom stereocenters. The van der Waals surface area contributed by atoms with Crippen LogP contribution in [-0.2, 0) is 6.54 Å². The monoisotopic (exact) mass is 240 g/mol. The molecule has 0 atom stereocenters. The van der Waals surface area contributed by atoms with Gasteiger partial charge in [0.25, 0.3) is 0 Å². The molecule has 2 rings (SSSR count). The molecule has 0 fully saturated rings. The fourth-order valence-electron chi connectivity index (χ4n) is 1.78. The predicted molar refractivity (Wildman–Crippen MR) is 73.5 cm³/mol. The Bertz CT molecular complexity index is 547. The van der Waals surface area contributed by atoms with Crippen molar-refractivity contribution in [2.24, 2.45) is 5.73 Å². The Morgan fingerprint density at radius 3 is 2.44 bits per heavy atom. The SMILES string of the molecule is Cc1ccc(NCc2ccccc2C(N)=O)cc1. The molecule has 3 N–H and O–H groups in total. The summed E-state index contributed by atoms with van der Waals surface area (Å²) in [5.74, 6) is -0.392. The number of hydrogen-bond donors (Lipinski definition) is 2. The summed E-state index contributed by atoms with van der Waals surface area (Å²) >= 11 is 0. The van der Waals surface area contributed by atoms with Gasteiger partial charge in [-0.3, -0.25) is 4.79 Å². The summed E-state index contributed by atoms with van der Waals surface area (Å²) in [6, 6.07) is 15.5. The second-order valence-corrected chi connectivity index (χ2v) is 4.24. The first kappa shape index (κ1) is 12.2. The van der Waals surface area contributed by atoms with Crippen LogP contribution in [0.25, 0.3) is 0 Å². The number of amides is 1. The van der Waals surface area contributed by atoms with E-state index in [1.54, 1.807) is 6.07 Å². The second kappa shape index (κ2) is 5.36. The Morgan fingerprint density at radius 1 is 1.11 bits per heavy atom. The minimum absolute atomic E-state index is 0.392. The molecular formula is C15H16N2O. The number of benzene rings is 2. The summed E-state index contributed by atoms with van der Waals surface area (Å²) in [5, 5.41) is 3.28. The Balaban J connectivity index is 2.10. The first-order valence-corrected chi connectivity index (χ1v) is 5.85. The van der Waals surface area contributed by atoms with Gasteiger partial charge in [-0.15, -0.1) is 0 Å². The average Bonchev–Trinajstić information content (AvgIpc) is 2.38. The molecule has 0 bridgehead atoms. The standard InChI is InChI=1S/C15H16N2O/c1-11-6-8-13(9-7-11)17-10-12-4-2-3-5-14(12)15(16)18/h2-9,17H,10H2,1H3,(H2,16,18). The minimum Gasteiger partial charge on any atom is -0.381 e. The van der Waals surface area contributed by atoms with Crippen molar-refractivity contribution in [1.29, 1.82) is 0 Å². The van der Waals surface area contributed by atoms with Crippen LogP contribution in [0.5, 0.6) is 0 Å². The quantitative estimate of drug-likeness (QED) is 0.863. The number of primary amides is 1. The van der Waals surface area contributed by atoms with Crippen molar-refractivity contribution in [3.63, 3.8) is 0 Å². The average molecular weight is 240 g/mol. The Labute approximate surface area is 107 Å². The summed E-state index contributed by atoms with van der Waals surface area (Å²) < 4.78 is 0. The van der Waals surface area contributed by atoms with Gasteiger partial charge in [-0.2, -0.15) is 0 Å². The molecule has 2 aromatic carbocycles. The molecule has 0 saturated carbocycles. The molecule has 3 nitrogen and oxygen atoms in total. The zero-order valence-electron chi connectivity index (χ0n) is 10.3. The van der Waals surface area contributed by atoms with E-state index in [1.807, 2.05) is 49.4 Å². The maximum absolute atomic E-state index is 11.3. The van der Waals surface area contributed by atoms with Gasteiger partial charge in [-0.05, 0) is 30.7 Å². The van der Waals surface area contributed by atoms with Crippen molar-refractivity contribution in [3.05, 3.63) is 65.2 Å². The fraction of sp³-hybridized carbons (Fsp3) is 0.133. The molecular weight excluding hydrogens is 224 g/mol. The highest BCUT2D eigenvalue weighted by molar-refractivity contribution is 5.94. The summed E-state index contributed by atoms with van der Waals surface area (Å²) in [6.07, 6.45) is 0. The van der Waals surface area contributed by atoms with E-state index in [1.165, 1.54) is 5.56 Å². The van der Waals surface area contributed by atoms with Gasteiger partial charge in [0.2, 0.25) is 5.91 Å². The van der Waals surface area contributed by atoms with Crippen LogP contribution in [0, 0.1) is 6.92 Å². The predicted octanol–water partition coefficient (Wildman–Crippen LogP) is 2.71. The van der Waals surface area contributed by atoms with E-state index in [9.17, 15) is 4.79 Å². The molecule has 0 aromatic heterocycles. The van der Waals surface area contributed by atoms with Crippen molar-refractivity contribution in [2.45, 2.75) is 13.5 Å². The number of carbonyl (C=O) groups excluding carboxylic acids is 1. The first-order chi connectivity index (χ1) is 8.66. The van der Waals surface area contributed by atoms with E-state index < -0.39 is 5.91 Å². The molecule has 92 valence electrons. The van der Waals surface area contributed by atoms with Crippen LogP contribution in [0.2, 0.25) is 0 Å². The number of hydrogen-bond acceptors (Lipinski definition) is 2. The van der Waals surface area contributed by atoms with Gasteiger partial charge >= 0.3 is 0 Å². The summed E-state index contributed by atoms with van der Waals surface area (Å²) in [7, 11) is 0. The molecule has 3 heteroatoms. The Morgan fingerprint density at radius 2 is 1.78 bits per heavy atom. The maximum atomic E-state index is 11.3. The lowest BCUT2D eigenvalue weighted by Gasteiger charge is -2.09. The number of aryl methyl sites for hydroxylation is 1. The largest absolute Gasteiger partial charge is 0.381 e. The van der Waals surface area contributed by atoms with Crippen LogP contribution in [0.15, 0.2) is 48.5 Å². The number of anilines is 1. The van der Waals surface area contributed by atoms with E-state index in [2.05, 4.69) is 5.32 Å². The lowest BCUT2D eigenvalue weighted by Crippen LogP contribution is -2.15. The van der Waals surface area contributed by atoms with Crippen LogP contribution in [0.3, 0.4) is 0 Å². The summed E-state index contributed by atoms with van der Waals surface area (Å²) in [6.45, 7) is 2.63. The Kier molecular flexibility index (Phi) is 3.63. The molecule has 18 heavy (non-hydrogen) atoms. The van der Waals surface area contributed by atoms with Crippen LogP contribution < -0.4 is 11.1 Å². The van der Waals surface area contributed by atoms with Crippen molar-refractivity contribution in [2.75, 3.05) is 5.32 Å². The van der Waals surface area contributed by atoms with E-state index in [0.717, 1.165) is 11.3 Å². The van der Waals surface area contributed by atoms with Gasteiger partial charge < -0.3 is 11.1 Å². The third-order valence-corrected chi connectivity index (χ3v) is 2.82. The maximum Gasteiger partial charge on any atom is 0.249 e. The summed E-state index contributed by atoms with van der Waals surface area (Å²) in [5.41, 5.74) is 9.06. The van der Waals surface area contributed by atoms with Gasteiger partial charge in [-0.1, -0.05) is 35.9 Å². The van der Waals surface area contributed by atoms with Gasteiger partial charge in [0, 0.05) is 17.8 Å². The summed E-state index contributed by atoms with van der Waals surface area (Å²) in [4.78, 5) is 11.3. The van der Waals surface area contributed by atoms with Crippen LogP contribution in [0.1, 0.15) is 21.5 Å². The highest BCUT2D eigenvalue weighted by Gasteiger charge is 2.06. The molecule has 0 aliphatic heterocycles. The van der Waals surface area contributed by atoms with E-state index >= 15 is 0 Å². The topological polar surface area (TPSA) is 55.1 Å². The molecule has 0 saturated heterocycles. The Hall–Kier alpha value is -2.29. The third-order valence-electron chi connectivity index (χ3n) is 2.82. The normalized spacial score (nSPS) is 10.1. The van der Waals surface area contributed by atoms with Gasteiger partial charge in [0.1, 0.15) is 0 Å². The van der Waals surface area contributed by atoms with E-state index in [-0.39, 0.29) is 0 Å². The highest BCUT2D eigenvalue weighted by atomic mass is 16.1. The minimum atomic E-state index is -0.392. The van der Waals surface area contributed by atoms with Crippen molar-refractivity contribution >= 4 is 11.6 Å². The third kappa shape index (κ3) is 2.88. The van der Waals surface area contributed by atoms with Crippen molar-refractivity contribution < 1.29 is 4.79 Å². The van der Waals surface area contributed by atoms with E-state index in [0.29, 0.717) is 12.1 Å². The fourth-order valence-corrected chi connectivity index (χ4v) is 1.78. The number of nitrogens with one attached hydrogen (secondary N) is 1. The van der Waals surface area contributed by atoms with Crippen molar-refractivity contribution in [3.8, 4) is 0 Å². The number of rotatable bonds is 4. The molecule has 0 aliphatic rings. The van der Waals surface area contributed by atoms with Crippen LogP contribution in [-0.4, -0.2) is 5.91 Å². The molecule has 2 aromatic rings. The van der Waals surface area contributed by atoms with E-state index in [4.69, 9.17) is 5.73 Å². The number of nitrogens with two attached hydrogens (primary N) is 1. The van der Waals surface area contributed by atoms with Crippen LogP contribution in [0.4, 0.5) is 5.69 Å². The number of carbonyl (C=O) groups is 1. The molecule has 0 aliphatic carbocycles.